The van der Waals surface area contributed by atoms with Crippen molar-refractivity contribution >= 4 is 5.91 Å². The van der Waals surface area contributed by atoms with E-state index in [4.69, 9.17) is 20.0 Å². The molecule has 0 aliphatic carbocycles. The molecule has 6 nitrogen and oxygen atoms in total. The summed E-state index contributed by atoms with van der Waals surface area (Å²) in [5.41, 5.74) is 0.468. The Balaban J connectivity index is 2.15. The largest absolute Gasteiger partial charge is 0.486 e. The number of rotatable bonds is 5. The van der Waals surface area contributed by atoms with Gasteiger partial charge in [-0.15, -0.1) is 0 Å². The molecule has 1 heterocycles. The SMILES string of the molecule is N#CCCN(CCC#N)C(=O)c1ccc2c(c1)OCCO2. The maximum atomic E-state index is 12.5. The van der Waals surface area contributed by atoms with Crippen LogP contribution < -0.4 is 9.47 Å². The molecule has 0 atom stereocenters. The third kappa shape index (κ3) is 3.64. The van der Waals surface area contributed by atoms with Crippen molar-refractivity contribution in [1.82, 2.24) is 4.90 Å². The Labute approximate surface area is 123 Å². The second-order valence-electron chi connectivity index (χ2n) is 4.47. The van der Waals surface area contributed by atoms with Crippen LogP contribution in [0.5, 0.6) is 11.5 Å². The van der Waals surface area contributed by atoms with E-state index in [1.54, 1.807) is 18.2 Å². The second-order valence-corrected chi connectivity index (χ2v) is 4.47. The minimum absolute atomic E-state index is 0.211. The van der Waals surface area contributed by atoms with Gasteiger partial charge in [-0.05, 0) is 18.2 Å². The third-order valence-corrected chi connectivity index (χ3v) is 3.06. The third-order valence-electron chi connectivity index (χ3n) is 3.06. The Hall–Kier alpha value is -2.73. The molecule has 0 bridgehead atoms. The van der Waals surface area contributed by atoms with Crippen molar-refractivity contribution in [1.29, 1.82) is 10.5 Å². The fourth-order valence-electron chi connectivity index (χ4n) is 2.04. The van der Waals surface area contributed by atoms with Gasteiger partial charge >= 0.3 is 0 Å². The van der Waals surface area contributed by atoms with Crippen LogP contribution in [0, 0.1) is 22.7 Å². The van der Waals surface area contributed by atoms with Crippen LogP contribution in [0.1, 0.15) is 23.2 Å². The average molecular weight is 285 g/mol. The van der Waals surface area contributed by atoms with E-state index in [0.29, 0.717) is 43.4 Å². The quantitative estimate of drug-likeness (QED) is 0.822. The van der Waals surface area contributed by atoms with Crippen LogP contribution in [-0.4, -0.2) is 37.1 Å². The van der Waals surface area contributed by atoms with E-state index in [9.17, 15) is 4.79 Å². The van der Waals surface area contributed by atoms with Crippen LogP contribution in [-0.2, 0) is 0 Å². The molecule has 0 fully saturated rings. The molecule has 0 N–H and O–H groups in total. The Morgan fingerprint density at radius 2 is 1.71 bits per heavy atom. The highest BCUT2D eigenvalue weighted by Crippen LogP contribution is 2.31. The summed E-state index contributed by atoms with van der Waals surface area (Å²) in [5, 5.41) is 17.3. The monoisotopic (exact) mass is 285 g/mol. The van der Waals surface area contributed by atoms with E-state index >= 15 is 0 Å². The molecule has 1 aliphatic heterocycles. The van der Waals surface area contributed by atoms with Crippen molar-refractivity contribution in [3.63, 3.8) is 0 Å². The van der Waals surface area contributed by atoms with Crippen molar-refractivity contribution in [3.05, 3.63) is 23.8 Å². The topological polar surface area (TPSA) is 86.4 Å². The van der Waals surface area contributed by atoms with Crippen molar-refractivity contribution in [2.45, 2.75) is 12.8 Å². The van der Waals surface area contributed by atoms with Gasteiger partial charge in [0.2, 0.25) is 0 Å². The fourth-order valence-corrected chi connectivity index (χ4v) is 2.04. The predicted molar refractivity (Wildman–Crippen MR) is 73.8 cm³/mol. The zero-order valence-electron chi connectivity index (χ0n) is 11.5. The van der Waals surface area contributed by atoms with E-state index < -0.39 is 0 Å². The summed E-state index contributed by atoms with van der Waals surface area (Å²) in [7, 11) is 0. The average Bonchev–Trinajstić information content (AvgIpc) is 2.54. The summed E-state index contributed by atoms with van der Waals surface area (Å²) in [4.78, 5) is 14.0. The van der Waals surface area contributed by atoms with Crippen molar-refractivity contribution in [3.8, 4) is 23.6 Å². The molecule has 21 heavy (non-hydrogen) atoms. The number of nitriles is 2. The number of benzene rings is 1. The Bertz CT molecular complexity index is 583. The lowest BCUT2D eigenvalue weighted by molar-refractivity contribution is 0.0761. The van der Waals surface area contributed by atoms with Gasteiger partial charge in [0.15, 0.2) is 11.5 Å². The molecular weight excluding hydrogens is 270 g/mol. The van der Waals surface area contributed by atoms with E-state index in [0.717, 1.165) is 0 Å². The van der Waals surface area contributed by atoms with Crippen molar-refractivity contribution < 1.29 is 14.3 Å². The van der Waals surface area contributed by atoms with E-state index in [1.165, 1.54) is 4.90 Å². The van der Waals surface area contributed by atoms with Crippen LogP contribution in [0.25, 0.3) is 0 Å². The zero-order chi connectivity index (χ0) is 15.1. The second kappa shape index (κ2) is 7.16. The number of hydrogen-bond acceptors (Lipinski definition) is 5. The van der Waals surface area contributed by atoms with Gasteiger partial charge in [-0.1, -0.05) is 0 Å². The highest BCUT2D eigenvalue weighted by molar-refractivity contribution is 5.95. The van der Waals surface area contributed by atoms with Gasteiger partial charge in [-0.3, -0.25) is 4.79 Å². The van der Waals surface area contributed by atoms with E-state index in [2.05, 4.69) is 0 Å². The zero-order valence-corrected chi connectivity index (χ0v) is 11.5. The normalized spacial score (nSPS) is 12.1. The number of nitrogens with zero attached hydrogens (tertiary/aromatic N) is 3. The lowest BCUT2D eigenvalue weighted by atomic mass is 10.1. The molecule has 1 aliphatic rings. The number of carbonyl (C=O) groups is 1. The highest BCUT2D eigenvalue weighted by Gasteiger charge is 2.19. The fraction of sp³-hybridized carbons (Fsp3) is 0.400. The van der Waals surface area contributed by atoms with E-state index in [1.807, 2.05) is 12.1 Å². The van der Waals surface area contributed by atoms with Gasteiger partial charge in [-0.2, -0.15) is 10.5 Å². The number of amides is 1. The number of carbonyl (C=O) groups excluding carboxylic acids is 1. The van der Waals surface area contributed by atoms with Crippen LogP contribution in [0.3, 0.4) is 0 Å². The minimum atomic E-state index is -0.211. The lowest BCUT2D eigenvalue weighted by Crippen LogP contribution is -2.32. The molecule has 0 spiro atoms. The summed E-state index contributed by atoms with van der Waals surface area (Å²) in [6.07, 6.45) is 0.476. The van der Waals surface area contributed by atoms with Crippen LogP contribution in [0.2, 0.25) is 0 Å². The first-order valence-corrected chi connectivity index (χ1v) is 6.69. The summed E-state index contributed by atoms with van der Waals surface area (Å²) in [6.45, 7) is 1.57. The summed E-state index contributed by atoms with van der Waals surface area (Å²) < 4.78 is 10.9. The van der Waals surface area contributed by atoms with Gasteiger partial charge < -0.3 is 14.4 Å². The molecule has 108 valence electrons. The molecular formula is C15H15N3O3. The Kier molecular flexibility index (Phi) is 5.00. The number of hydrogen-bond donors (Lipinski definition) is 0. The molecule has 1 aromatic carbocycles. The smallest absolute Gasteiger partial charge is 0.254 e. The molecule has 0 saturated heterocycles. The number of fused-ring (bicyclic) bond motifs is 1. The molecule has 1 amide bonds. The van der Waals surface area contributed by atoms with Crippen molar-refractivity contribution in [2.24, 2.45) is 0 Å². The molecule has 2 rings (SSSR count). The van der Waals surface area contributed by atoms with Gasteiger partial charge in [0.05, 0.1) is 25.0 Å². The van der Waals surface area contributed by atoms with Gasteiger partial charge in [0, 0.05) is 18.7 Å². The maximum Gasteiger partial charge on any atom is 0.254 e. The molecule has 0 unspecified atom stereocenters. The molecule has 0 radical (unpaired) electrons. The molecule has 6 heteroatoms. The lowest BCUT2D eigenvalue weighted by Gasteiger charge is -2.22. The standard InChI is InChI=1S/C15H15N3O3/c16-5-1-7-18(8-2-6-17)15(19)12-3-4-13-14(11-12)21-10-9-20-13/h3-4,11H,1-2,7-10H2. The maximum absolute atomic E-state index is 12.5. The number of ether oxygens (including phenoxy) is 2. The molecule has 0 saturated carbocycles. The molecule has 0 aromatic heterocycles. The van der Waals surface area contributed by atoms with E-state index in [-0.39, 0.29) is 18.7 Å². The van der Waals surface area contributed by atoms with Crippen LogP contribution in [0.15, 0.2) is 18.2 Å². The van der Waals surface area contributed by atoms with Gasteiger partial charge in [-0.25, -0.2) is 0 Å². The first-order valence-electron chi connectivity index (χ1n) is 6.69. The predicted octanol–water partition coefficient (Wildman–Crippen LogP) is 1.73. The first-order chi connectivity index (χ1) is 10.3. The Morgan fingerprint density at radius 1 is 1.10 bits per heavy atom. The van der Waals surface area contributed by atoms with Crippen molar-refractivity contribution in [2.75, 3.05) is 26.3 Å². The van der Waals surface area contributed by atoms with Gasteiger partial charge in [0.25, 0.3) is 5.91 Å². The summed E-state index contributed by atoms with van der Waals surface area (Å²) in [5.74, 6) is 0.962. The summed E-state index contributed by atoms with van der Waals surface area (Å²) in [6, 6.07) is 9.03. The van der Waals surface area contributed by atoms with Crippen LogP contribution in [0.4, 0.5) is 0 Å². The Morgan fingerprint density at radius 3 is 2.33 bits per heavy atom. The van der Waals surface area contributed by atoms with Gasteiger partial charge in [0.1, 0.15) is 13.2 Å². The summed E-state index contributed by atoms with van der Waals surface area (Å²) >= 11 is 0. The van der Waals surface area contributed by atoms with Crippen LogP contribution >= 0.6 is 0 Å². The first kappa shape index (κ1) is 14.7. The minimum Gasteiger partial charge on any atom is -0.486 e. The highest BCUT2D eigenvalue weighted by atomic mass is 16.6. The molecule has 1 aromatic rings.